The van der Waals surface area contributed by atoms with E-state index in [2.05, 4.69) is 11.1 Å². The fourth-order valence-electron chi connectivity index (χ4n) is 1.64. The number of hydrogen-bond acceptors (Lipinski definition) is 4. The molecule has 0 aliphatic heterocycles. The first kappa shape index (κ1) is 10.5. The summed E-state index contributed by atoms with van der Waals surface area (Å²) in [6.07, 6.45) is 3.47. The van der Waals surface area contributed by atoms with Crippen molar-refractivity contribution < 1.29 is 17.4 Å². The lowest BCUT2D eigenvalue weighted by molar-refractivity contribution is -0.139. The zero-order chi connectivity index (χ0) is 9.84. The molecule has 0 aromatic rings. The van der Waals surface area contributed by atoms with Gasteiger partial charge in [-0.2, -0.15) is 8.42 Å². The molecule has 0 atom stereocenters. The van der Waals surface area contributed by atoms with E-state index in [9.17, 15) is 13.2 Å². The lowest BCUT2D eigenvalue weighted by Gasteiger charge is -2.23. The summed E-state index contributed by atoms with van der Waals surface area (Å²) in [5, 5.41) is 0. The Balaban J connectivity index is 2.40. The Hall–Kier alpha value is -0.580. The summed E-state index contributed by atoms with van der Waals surface area (Å²) in [6, 6.07) is 0. The molecule has 0 bridgehead atoms. The van der Waals surface area contributed by atoms with Crippen LogP contribution in [0.5, 0.6) is 0 Å². The molecule has 0 spiro atoms. The van der Waals surface area contributed by atoms with Gasteiger partial charge in [-0.25, -0.2) is 0 Å². The highest BCUT2D eigenvalue weighted by Gasteiger charge is 2.25. The molecule has 0 amide bonds. The van der Waals surface area contributed by atoms with E-state index in [-0.39, 0.29) is 5.92 Å². The average molecular weight is 206 g/mol. The molecule has 0 N–H and O–H groups in total. The monoisotopic (exact) mass is 206 g/mol. The summed E-state index contributed by atoms with van der Waals surface area (Å²) in [5.74, 6) is -0.142. The largest absolute Gasteiger partial charge is 0.347 e. The van der Waals surface area contributed by atoms with Crippen molar-refractivity contribution in [2.75, 3.05) is 0 Å². The summed E-state index contributed by atoms with van der Waals surface area (Å²) >= 11 is 0. The molecule has 0 aromatic carbocycles. The topological polar surface area (TPSA) is 60.4 Å². The molecule has 5 heteroatoms. The number of hydrogen-bond donors (Lipinski definition) is 1. The highest BCUT2D eigenvalue weighted by molar-refractivity contribution is 7.67. The van der Waals surface area contributed by atoms with Crippen molar-refractivity contribution in [2.45, 2.75) is 32.6 Å². The summed E-state index contributed by atoms with van der Waals surface area (Å²) in [5.41, 5.74) is 0. The SMILES string of the molecule is CC1CCC(C(=O)O[SH](=O)=O)CC1. The van der Waals surface area contributed by atoms with Gasteiger partial charge in [-0.3, -0.25) is 4.79 Å². The van der Waals surface area contributed by atoms with Crippen LogP contribution in [-0.4, -0.2) is 14.4 Å². The second-order valence-electron chi connectivity index (χ2n) is 3.59. The van der Waals surface area contributed by atoms with Crippen molar-refractivity contribution >= 4 is 17.0 Å². The molecular formula is C8H14O4S. The number of carbonyl (C=O) groups is 1. The Morgan fingerprint density at radius 3 is 2.23 bits per heavy atom. The second-order valence-corrected chi connectivity index (χ2v) is 4.22. The quantitative estimate of drug-likeness (QED) is 0.681. The minimum atomic E-state index is -3.03. The number of rotatable bonds is 2. The summed E-state index contributed by atoms with van der Waals surface area (Å²) in [6.45, 7) is 2.13. The van der Waals surface area contributed by atoms with Crippen molar-refractivity contribution in [2.24, 2.45) is 11.8 Å². The van der Waals surface area contributed by atoms with Gasteiger partial charge < -0.3 is 4.18 Å². The third-order valence-electron chi connectivity index (χ3n) is 2.51. The van der Waals surface area contributed by atoms with Gasteiger partial charge in [0.2, 0.25) is 0 Å². The van der Waals surface area contributed by atoms with Crippen LogP contribution in [0.15, 0.2) is 0 Å². The lowest BCUT2D eigenvalue weighted by atomic mass is 9.83. The highest BCUT2D eigenvalue weighted by atomic mass is 32.2. The van der Waals surface area contributed by atoms with Gasteiger partial charge in [0.05, 0.1) is 5.92 Å². The molecule has 1 aliphatic carbocycles. The molecule has 1 rings (SSSR count). The first-order valence-electron chi connectivity index (χ1n) is 4.45. The van der Waals surface area contributed by atoms with Crippen LogP contribution < -0.4 is 0 Å². The molecular weight excluding hydrogens is 192 g/mol. The van der Waals surface area contributed by atoms with Crippen molar-refractivity contribution in [1.82, 2.24) is 0 Å². The predicted octanol–water partition coefficient (Wildman–Crippen LogP) is 0.882. The Morgan fingerprint density at radius 2 is 1.77 bits per heavy atom. The molecule has 1 fully saturated rings. The predicted molar refractivity (Wildman–Crippen MR) is 47.5 cm³/mol. The van der Waals surface area contributed by atoms with Crippen molar-refractivity contribution in [3.63, 3.8) is 0 Å². The number of carbonyl (C=O) groups excluding carboxylic acids is 1. The van der Waals surface area contributed by atoms with Gasteiger partial charge in [0, 0.05) is 0 Å². The molecule has 0 unspecified atom stereocenters. The maximum atomic E-state index is 11.1. The van der Waals surface area contributed by atoms with E-state index in [4.69, 9.17) is 0 Å². The Kier molecular flexibility index (Phi) is 3.71. The zero-order valence-electron chi connectivity index (χ0n) is 7.56. The third kappa shape index (κ3) is 3.34. The van der Waals surface area contributed by atoms with Gasteiger partial charge in [-0.15, -0.1) is 0 Å². The fourth-order valence-corrected chi connectivity index (χ4v) is 1.94. The third-order valence-corrected chi connectivity index (χ3v) is 2.84. The minimum absolute atomic E-state index is 0.205. The maximum Gasteiger partial charge on any atom is 0.324 e. The standard InChI is InChI=1S/C8H14O4S/c1-6-2-4-7(5-3-6)8(9)12-13(10)11/h6-7,13H,2-5H2,1H3. The summed E-state index contributed by atoms with van der Waals surface area (Å²) in [7, 11) is -3.03. The van der Waals surface area contributed by atoms with Gasteiger partial charge in [0.15, 0.2) is 0 Å². The van der Waals surface area contributed by atoms with E-state index < -0.39 is 17.0 Å². The second kappa shape index (κ2) is 4.60. The van der Waals surface area contributed by atoms with Crippen LogP contribution >= 0.6 is 0 Å². The van der Waals surface area contributed by atoms with Crippen molar-refractivity contribution in [3.05, 3.63) is 0 Å². The molecule has 0 heterocycles. The first-order chi connectivity index (χ1) is 6.09. The van der Waals surface area contributed by atoms with Gasteiger partial charge in [-0.1, -0.05) is 6.92 Å². The molecule has 0 saturated heterocycles. The molecule has 13 heavy (non-hydrogen) atoms. The van der Waals surface area contributed by atoms with E-state index in [0.717, 1.165) is 25.7 Å². The molecule has 4 nitrogen and oxygen atoms in total. The Morgan fingerprint density at radius 1 is 1.23 bits per heavy atom. The molecule has 76 valence electrons. The fraction of sp³-hybridized carbons (Fsp3) is 0.875. The van der Waals surface area contributed by atoms with E-state index in [0.29, 0.717) is 5.92 Å². The van der Waals surface area contributed by atoms with E-state index >= 15 is 0 Å². The summed E-state index contributed by atoms with van der Waals surface area (Å²) in [4.78, 5) is 11.1. The normalized spacial score (nSPS) is 28.8. The van der Waals surface area contributed by atoms with E-state index in [1.807, 2.05) is 0 Å². The zero-order valence-corrected chi connectivity index (χ0v) is 8.46. The van der Waals surface area contributed by atoms with Crippen molar-refractivity contribution in [1.29, 1.82) is 0 Å². The smallest absolute Gasteiger partial charge is 0.324 e. The van der Waals surface area contributed by atoms with Crippen LogP contribution in [0.25, 0.3) is 0 Å². The first-order valence-corrected chi connectivity index (χ1v) is 5.55. The minimum Gasteiger partial charge on any atom is -0.347 e. The lowest BCUT2D eigenvalue weighted by Crippen LogP contribution is -2.22. The number of thiol groups is 1. The van der Waals surface area contributed by atoms with E-state index in [1.165, 1.54) is 0 Å². The van der Waals surface area contributed by atoms with Crippen LogP contribution in [0.1, 0.15) is 32.6 Å². The maximum absolute atomic E-state index is 11.1. The molecule has 0 aromatic heterocycles. The Bertz CT molecular complexity index is 243. The molecule has 1 aliphatic rings. The highest BCUT2D eigenvalue weighted by Crippen LogP contribution is 2.28. The van der Waals surface area contributed by atoms with Gasteiger partial charge >= 0.3 is 17.0 Å². The summed E-state index contributed by atoms with van der Waals surface area (Å²) < 4.78 is 24.4. The van der Waals surface area contributed by atoms with Gasteiger partial charge in [0.25, 0.3) is 0 Å². The molecule has 0 radical (unpaired) electrons. The van der Waals surface area contributed by atoms with Gasteiger partial charge in [-0.05, 0) is 31.6 Å². The molecule has 1 saturated carbocycles. The van der Waals surface area contributed by atoms with Crippen LogP contribution in [0.3, 0.4) is 0 Å². The van der Waals surface area contributed by atoms with Crippen LogP contribution in [-0.2, 0) is 20.0 Å². The van der Waals surface area contributed by atoms with Crippen LogP contribution in [0.2, 0.25) is 0 Å². The van der Waals surface area contributed by atoms with Crippen LogP contribution in [0.4, 0.5) is 0 Å². The van der Waals surface area contributed by atoms with Crippen molar-refractivity contribution in [3.8, 4) is 0 Å². The van der Waals surface area contributed by atoms with E-state index in [1.54, 1.807) is 0 Å². The van der Waals surface area contributed by atoms with Crippen LogP contribution in [0, 0.1) is 11.8 Å². The van der Waals surface area contributed by atoms with Gasteiger partial charge in [0.1, 0.15) is 0 Å². The average Bonchev–Trinajstić information content (AvgIpc) is 2.04. The Labute approximate surface area is 79.4 Å².